The van der Waals surface area contributed by atoms with Crippen molar-refractivity contribution in [3.05, 3.63) is 54.2 Å². The molecule has 0 bridgehead atoms. The molecule has 0 saturated carbocycles. The number of thioether (sulfide) groups is 1. The van der Waals surface area contributed by atoms with Crippen LogP contribution in [0.3, 0.4) is 0 Å². The van der Waals surface area contributed by atoms with Crippen LogP contribution in [0.15, 0.2) is 53.7 Å². The second kappa shape index (κ2) is 8.85. The van der Waals surface area contributed by atoms with Gasteiger partial charge in [-0.1, -0.05) is 30.0 Å². The van der Waals surface area contributed by atoms with Crippen LogP contribution in [0.2, 0.25) is 0 Å². The van der Waals surface area contributed by atoms with Crippen LogP contribution >= 0.6 is 11.8 Å². The quantitative estimate of drug-likeness (QED) is 0.577. The number of likely N-dealkylation sites (tertiary alicyclic amines) is 1. The highest BCUT2D eigenvalue weighted by Gasteiger charge is 2.30. The molecule has 1 saturated heterocycles. The van der Waals surface area contributed by atoms with Crippen molar-refractivity contribution in [3.8, 4) is 5.75 Å². The summed E-state index contributed by atoms with van der Waals surface area (Å²) in [5, 5.41) is 0.833. The number of benzene rings is 1. The van der Waals surface area contributed by atoms with Crippen LogP contribution in [0.5, 0.6) is 5.75 Å². The van der Waals surface area contributed by atoms with E-state index in [0.29, 0.717) is 30.2 Å². The van der Waals surface area contributed by atoms with Gasteiger partial charge in [-0.2, -0.15) is 0 Å². The van der Waals surface area contributed by atoms with Gasteiger partial charge in [0.2, 0.25) is 5.91 Å². The van der Waals surface area contributed by atoms with E-state index in [1.807, 2.05) is 30.3 Å². The fraction of sp³-hybridized carbons (Fsp3) is 0.350. The molecule has 1 aromatic heterocycles. The minimum absolute atomic E-state index is 0.0531. The Morgan fingerprint density at radius 1 is 1.23 bits per heavy atom. The second-order valence-corrected chi connectivity index (χ2v) is 7.20. The molecule has 2 aromatic rings. The molecule has 1 fully saturated rings. The Kier molecular flexibility index (Phi) is 6.28. The molecule has 0 aliphatic carbocycles. The highest BCUT2D eigenvalue weighted by molar-refractivity contribution is 7.99. The first-order valence-electron chi connectivity index (χ1n) is 8.68. The number of carbonyl (C=O) groups is 2. The standard InChI is InChI=1S/C20H22N2O3S/c1-25-17-9-3-2-8-16(17)20(24)15-7-6-12-22(13-15)19(23)14-26-18-10-4-5-11-21-18/h2-5,8-11,15H,6-7,12-14H2,1H3/t15-/m0/s1. The smallest absolute Gasteiger partial charge is 0.233 e. The van der Waals surface area contributed by atoms with Gasteiger partial charge in [0.05, 0.1) is 23.5 Å². The Morgan fingerprint density at radius 3 is 2.81 bits per heavy atom. The zero-order valence-corrected chi connectivity index (χ0v) is 15.6. The van der Waals surface area contributed by atoms with Gasteiger partial charge in [-0.25, -0.2) is 4.98 Å². The summed E-state index contributed by atoms with van der Waals surface area (Å²) in [6.07, 6.45) is 3.36. The average Bonchev–Trinajstić information content (AvgIpc) is 2.72. The van der Waals surface area contributed by atoms with Crippen molar-refractivity contribution in [2.75, 3.05) is 26.0 Å². The number of ketones is 1. The SMILES string of the molecule is COc1ccccc1C(=O)[C@H]1CCCN(C(=O)CSc2ccccn2)C1. The van der Waals surface area contributed by atoms with Crippen molar-refractivity contribution in [3.63, 3.8) is 0 Å². The van der Waals surface area contributed by atoms with E-state index in [2.05, 4.69) is 4.98 Å². The fourth-order valence-corrected chi connectivity index (χ4v) is 3.91. The summed E-state index contributed by atoms with van der Waals surface area (Å²) in [7, 11) is 1.57. The Labute approximate surface area is 157 Å². The molecule has 1 aromatic carbocycles. The number of hydrogen-bond donors (Lipinski definition) is 0. The van der Waals surface area contributed by atoms with E-state index in [1.54, 1.807) is 30.3 Å². The number of rotatable bonds is 6. The second-order valence-electron chi connectivity index (χ2n) is 6.20. The van der Waals surface area contributed by atoms with E-state index < -0.39 is 0 Å². The molecule has 5 nitrogen and oxygen atoms in total. The molecule has 3 rings (SSSR count). The van der Waals surface area contributed by atoms with Gasteiger partial charge < -0.3 is 9.64 Å². The minimum atomic E-state index is -0.177. The number of Topliss-reactive ketones (excluding diaryl/α,β-unsaturated/α-hetero) is 1. The molecule has 2 heterocycles. The van der Waals surface area contributed by atoms with Crippen molar-refractivity contribution in [2.24, 2.45) is 5.92 Å². The molecule has 1 atom stereocenters. The van der Waals surface area contributed by atoms with Gasteiger partial charge in [0.15, 0.2) is 5.78 Å². The average molecular weight is 370 g/mol. The molecule has 136 valence electrons. The maximum absolute atomic E-state index is 12.9. The molecule has 1 aliphatic rings. The summed E-state index contributed by atoms with van der Waals surface area (Å²) >= 11 is 1.43. The molecule has 0 radical (unpaired) electrons. The zero-order valence-electron chi connectivity index (χ0n) is 14.8. The van der Waals surface area contributed by atoms with Crippen LogP contribution in [-0.2, 0) is 4.79 Å². The van der Waals surface area contributed by atoms with Crippen LogP contribution < -0.4 is 4.74 Å². The van der Waals surface area contributed by atoms with Gasteiger partial charge in [0.25, 0.3) is 0 Å². The monoisotopic (exact) mass is 370 g/mol. The first-order valence-corrected chi connectivity index (χ1v) is 9.66. The van der Waals surface area contributed by atoms with Crippen LogP contribution in [0.1, 0.15) is 23.2 Å². The van der Waals surface area contributed by atoms with Crippen molar-refractivity contribution < 1.29 is 14.3 Å². The normalized spacial score (nSPS) is 17.0. The Hall–Kier alpha value is -2.34. The van der Waals surface area contributed by atoms with Gasteiger partial charge in [-0.3, -0.25) is 9.59 Å². The minimum Gasteiger partial charge on any atom is -0.496 e. The van der Waals surface area contributed by atoms with Gasteiger partial charge >= 0.3 is 0 Å². The number of nitrogens with zero attached hydrogens (tertiary/aromatic N) is 2. The number of methoxy groups -OCH3 is 1. The van der Waals surface area contributed by atoms with Crippen LogP contribution in [0, 0.1) is 5.92 Å². The maximum Gasteiger partial charge on any atom is 0.233 e. The third-order valence-corrected chi connectivity index (χ3v) is 5.43. The van der Waals surface area contributed by atoms with Gasteiger partial charge in [0, 0.05) is 25.2 Å². The summed E-state index contributed by atoms with van der Waals surface area (Å²) in [6.45, 7) is 1.18. The highest BCUT2D eigenvalue weighted by Crippen LogP contribution is 2.26. The number of ether oxygens (including phenoxy) is 1. The Morgan fingerprint density at radius 2 is 2.04 bits per heavy atom. The first-order chi connectivity index (χ1) is 12.7. The predicted octanol–water partition coefficient (Wildman–Crippen LogP) is 3.30. The lowest BCUT2D eigenvalue weighted by molar-refractivity contribution is -0.129. The summed E-state index contributed by atoms with van der Waals surface area (Å²) in [5.74, 6) is 0.859. The Bertz CT molecular complexity index is 767. The third kappa shape index (κ3) is 4.43. The zero-order chi connectivity index (χ0) is 18.4. The molecule has 6 heteroatoms. The summed E-state index contributed by atoms with van der Waals surface area (Å²) in [4.78, 5) is 31.5. The van der Waals surface area contributed by atoms with Gasteiger partial charge in [-0.15, -0.1) is 0 Å². The fourth-order valence-electron chi connectivity index (χ4n) is 3.15. The molecule has 1 aliphatic heterocycles. The van der Waals surface area contributed by atoms with E-state index in [9.17, 15) is 9.59 Å². The van der Waals surface area contributed by atoms with E-state index in [-0.39, 0.29) is 17.6 Å². The van der Waals surface area contributed by atoms with Crippen LogP contribution in [0.4, 0.5) is 0 Å². The van der Waals surface area contributed by atoms with E-state index in [1.165, 1.54) is 11.8 Å². The number of hydrogen-bond acceptors (Lipinski definition) is 5. The van der Waals surface area contributed by atoms with Crippen molar-refractivity contribution in [1.29, 1.82) is 0 Å². The number of carbonyl (C=O) groups excluding carboxylic acids is 2. The Balaban J connectivity index is 1.61. The van der Waals surface area contributed by atoms with E-state index in [0.717, 1.165) is 17.9 Å². The number of amides is 1. The van der Waals surface area contributed by atoms with Gasteiger partial charge in [0.1, 0.15) is 5.75 Å². The van der Waals surface area contributed by atoms with Crippen molar-refractivity contribution in [1.82, 2.24) is 9.88 Å². The van der Waals surface area contributed by atoms with Crippen LogP contribution in [0.25, 0.3) is 0 Å². The largest absolute Gasteiger partial charge is 0.496 e. The molecular weight excluding hydrogens is 348 g/mol. The summed E-state index contributed by atoms with van der Waals surface area (Å²) < 4.78 is 5.31. The molecular formula is C20H22N2O3S. The van der Waals surface area contributed by atoms with Gasteiger partial charge in [-0.05, 0) is 37.1 Å². The summed E-state index contributed by atoms with van der Waals surface area (Å²) in [5.41, 5.74) is 0.595. The molecule has 0 N–H and O–H groups in total. The topological polar surface area (TPSA) is 59.5 Å². The molecule has 0 unspecified atom stereocenters. The molecule has 1 amide bonds. The third-order valence-electron chi connectivity index (χ3n) is 4.50. The first kappa shape index (κ1) is 18.5. The predicted molar refractivity (Wildman–Crippen MR) is 102 cm³/mol. The lowest BCUT2D eigenvalue weighted by atomic mass is 9.89. The van der Waals surface area contributed by atoms with Crippen molar-refractivity contribution >= 4 is 23.5 Å². The summed E-state index contributed by atoms with van der Waals surface area (Å²) in [6, 6.07) is 12.9. The van der Waals surface area contributed by atoms with Crippen LogP contribution in [-0.4, -0.2) is 47.5 Å². The highest BCUT2D eigenvalue weighted by atomic mass is 32.2. The number of aromatic nitrogens is 1. The maximum atomic E-state index is 12.9. The number of para-hydroxylation sites is 1. The lowest BCUT2D eigenvalue weighted by Gasteiger charge is -2.32. The lowest BCUT2D eigenvalue weighted by Crippen LogP contribution is -2.43. The van der Waals surface area contributed by atoms with E-state index in [4.69, 9.17) is 4.74 Å². The molecule has 26 heavy (non-hydrogen) atoms. The van der Waals surface area contributed by atoms with E-state index >= 15 is 0 Å². The number of piperidine rings is 1. The molecule has 0 spiro atoms. The van der Waals surface area contributed by atoms with Crippen molar-refractivity contribution in [2.45, 2.75) is 17.9 Å². The number of pyridine rings is 1.